The number of hydrogen-bond donors (Lipinski definition) is 0. The predicted molar refractivity (Wildman–Crippen MR) is 144 cm³/mol. The maximum absolute atomic E-state index is 13.0. The molecule has 38 heavy (non-hydrogen) atoms. The molecule has 0 radical (unpaired) electrons. The minimum absolute atomic E-state index is 0.00167. The summed E-state index contributed by atoms with van der Waals surface area (Å²) in [6.07, 6.45) is 4.58. The molecule has 0 aliphatic carbocycles. The molecule has 2 aromatic carbocycles. The Kier molecular flexibility index (Phi) is 8.39. The van der Waals surface area contributed by atoms with Gasteiger partial charge in [0, 0.05) is 50.6 Å². The molecule has 4 rings (SSSR count). The molecule has 0 N–H and O–H groups in total. The first-order valence-corrected chi connectivity index (χ1v) is 13.1. The number of carbonyl (C=O) groups is 3. The zero-order valence-electron chi connectivity index (χ0n) is 22.8. The number of amides is 1. The first kappa shape index (κ1) is 27.2. The number of aryl methyl sites for hydroxylation is 1. The fourth-order valence-electron chi connectivity index (χ4n) is 5.38. The monoisotopic (exact) mass is 520 g/mol. The van der Waals surface area contributed by atoms with Gasteiger partial charge in [0.1, 0.15) is 11.9 Å². The number of fused-ring (bicyclic) bond motifs is 1. The second-order valence-corrected chi connectivity index (χ2v) is 9.86. The number of nitrogens with zero attached hydrogens (tertiary/aromatic N) is 2. The molecule has 2 atom stereocenters. The predicted octanol–water partition coefficient (Wildman–Crippen LogP) is 4.91. The van der Waals surface area contributed by atoms with Crippen molar-refractivity contribution >= 4 is 28.7 Å². The number of esters is 2. The molecule has 8 heteroatoms. The molecule has 0 spiro atoms. The van der Waals surface area contributed by atoms with Crippen molar-refractivity contribution in [1.82, 2.24) is 9.47 Å². The lowest BCUT2D eigenvalue weighted by Gasteiger charge is -2.34. The first-order valence-electron chi connectivity index (χ1n) is 13.1. The van der Waals surface area contributed by atoms with E-state index < -0.39 is 24.0 Å². The van der Waals surface area contributed by atoms with E-state index in [0.29, 0.717) is 30.7 Å². The van der Waals surface area contributed by atoms with Crippen LogP contribution in [0.3, 0.4) is 0 Å². The van der Waals surface area contributed by atoms with Crippen molar-refractivity contribution in [3.63, 3.8) is 0 Å². The summed E-state index contributed by atoms with van der Waals surface area (Å²) in [6, 6.07) is 11.4. The van der Waals surface area contributed by atoms with E-state index in [9.17, 15) is 14.4 Å². The summed E-state index contributed by atoms with van der Waals surface area (Å²) in [6.45, 7) is 5.08. The third kappa shape index (κ3) is 5.54. The Morgan fingerprint density at radius 2 is 1.89 bits per heavy atom. The van der Waals surface area contributed by atoms with Crippen LogP contribution in [-0.4, -0.2) is 55.1 Å². The molecule has 1 amide bonds. The van der Waals surface area contributed by atoms with E-state index in [-0.39, 0.29) is 5.91 Å². The van der Waals surface area contributed by atoms with Crippen LogP contribution >= 0.6 is 0 Å². The Morgan fingerprint density at radius 1 is 1.11 bits per heavy atom. The van der Waals surface area contributed by atoms with Gasteiger partial charge in [-0.2, -0.15) is 0 Å². The number of aromatic nitrogens is 1. The Hall–Kier alpha value is -3.81. The van der Waals surface area contributed by atoms with Gasteiger partial charge < -0.3 is 23.7 Å². The highest BCUT2D eigenvalue weighted by atomic mass is 16.5. The zero-order valence-corrected chi connectivity index (χ0v) is 22.8. The lowest BCUT2D eigenvalue weighted by Crippen LogP contribution is -2.41. The summed E-state index contributed by atoms with van der Waals surface area (Å²) in [5.74, 6) is -0.632. The minimum atomic E-state index is -0.650. The van der Waals surface area contributed by atoms with E-state index in [4.69, 9.17) is 14.2 Å². The third-order valence-electron chi connectivity index (χ3n) is 7.23. The smallest absolute Gasteiger partial charge is 0.337 e. The fourth-order valence-corrected chi connectivity index (χ4v) is 5.38. The van der Waals surface area contributed by atoms with E-state index in [1.54, 1.807) is 31.2 Å². The molecule has 2 unspecified atom stereocenters. The molecule has 202 valence electrons. The average molecular weight is 521 g/mol. The SMILES string of the molecule is CCCn1cc(Cc2ccc(C(=O)OC)cc2OC)c2cc(C(OC(C)=O)C3CCCN(C)C3=O)ccc21. The molecule has 2 heterocycles. The second kappa shape index (κ2) is 11.7. The Labute approximate surface area is 223 Å². The fraction of sp³-hybridized carbons (Fsp3) is 0.433. The number of carbonyl (C=O) groups excluding carboxylic acids is 3. The average Bonchev–Trinajstić information content (AvgIpc) is 3.25. The number of likely N-dealkylation sites (tertiary alicyclic amines) is 1. The number of piperidine rings is 1. The lowest BCUT2D eigenvalue weighted by molar-refractivity contribution is -0.156. The van der Waals surface area contributed by atoms with Crippen LogP contribution in [0.4, 0.5) is 0 Å². The van der Waals surface area contributed by atoms with E-state index in [2.05, 4.69) is 29.8 Å². The minimum Gasteiger partial charge on any atom is -0.496 e. The summed E-state index contributed by atoms with van der Waals surface area (Å²) in [5, 5.41) is 1.03. The normalized spacial score (nSPS) is 16.4. The van der Waals surface area contributed by atoms with Crippen molar-refractivity contribution < 1.29 is 28.6 Å². The largest absolute Gasteiger partial charge is 0.496 e. The van der Waals surface area contributed by atoms with E-state index in [1.165, 1.54) is 14.0 Å². The van der Waals surface area contributed by atoms with Crippen LogP contribution in [0.15, 0.2) is 42.6 Å². The van der Waals surface area contributed by atoms with Gasteiger partial charge in [0.15, 0.2) is 0 Å². The van der Waals surface area contributed by atoms with Crippen LogP contribution in [0.2, 0.25) is 0 Å². The Morgan fingerprint density at radius 3 is 2.58 bits per heavy atom. The van der Waals surface area contributed by atoms with Crippen molar-refractivity contribution in [2.45, 2.75) is 52.2 Å². The molecule has 8 nitrogen and oxygen atoms in total. The summed E-state index contributed by atoms with van der Waals surface area (Å²) < 4.78 is 18.5. The van der Waals surface area contributed by atoms with Crippen molar-refractivity contribution in [3.8, 4) is 5.75 Å². The molecule has 1 fully saturated rings. The van der Waals surface area contributed by atoms with Gasteiger partial charge in [-0.25, -0.2) is 4.79 Å². The maximum Gasteiger partial charge on any atom is 0.337 e. The van der Waals surface area contributed by atoms with Crippen molar-refractivity contribution in [1.29, 1.82) is 0 Å². The van der Waals surface area contributed by atoms with Gasteiger partial charge in [0.2, 0.25) is 5.91 Å². The summed E-state index contributed by atoms with van der Waals surface area (Å²) in [5.41, 5.74) is 4.32. The molecule has 3 aromatic rings. The van der Waals surface area contributed by atoms with Crippen LogP contribution in [0.1, 0.15) is 66.3 Å². The number of benzene rings is 2. The zero-order chi connectivity index (χ0) is 27.4. The van der Waals surface area contributed by atoms with Crippen LogP contribution in [0.25, 0.3) is 10.9 Å². The number of hydrogen-bond acceptors (Lipinski definition) is 6. The van der Waals surface area contributed by atoms with Gasteiger partial charge in [-0.3, -0.25) is 9.59 Å². The molecule has 1 aliphatic heterocycles. The molecule has 0 bridgehead atoms. The van der Waals surface area contributed by atoms with E-state index in [1.807, 2.05) is 12.1 Å². The topological polar surface area (TPSA) is 87.1 Å². The standard InChI is InChI=1S/C30H36N2O6/c1-6-13-32-18-23(15-20-9-10-22(30(35)37-5)17-27(20)36-4)25-16-21(11-12-26(25)32)28(38-19(2)33)24-8-7-14-31(3)29(24)34/h9-12,16-18,24,28H,6-8,13-15H2,1-5H3. The van der Waals surface area contributed by atoms with Gasteiger partial charge in [0.05, 0.1) is 25.7 Å². The highest BCUT2D eigenvalue weighted by Crippen LogP contribution is 2.37. The van der Waals surface area contributed by atoms with Crippen molar-refractivity contribution in [2.24, 2.45) is 5.92 Å². The molecule has 1 saturated heterocycles. The van der Waals surface area contributed by atoms with Crippen LogP contribution in [0.5, 0.6) is 5.75 Å². The molecular formula is C30H36N2O6. The summed E-state index contributed by atoms with van der Waals surface area (Å²) in [4.78, 5) is 38.9. The van der Waals surface area contributed by atoms with Crippen LogP contribution < -0.4 is 4.74 Å². The summed E-state index contributed by atoms with van der Waals surface area (Å²) in [7, 11) is 4.73. The van der Waals surface area contributed by atoms with Gasteiger partial charge >= 0.3 is 11.9 Å². The molecule has 1 aromatic heterocycles. The molecule has 1 aliphatic rings. The van der Waals surface area contributed by atoms with Gasteiger partial charge in [-0.05, 0) is 60.2 Å². The van der Waals surface area contributed by atoms with Crippen molar-refractivity contribution in [3.05, 3.63) is 64.8 Å². The number of ether oxygens (including phenoxy) is 3. The van der Waals surface area contributed by atoms with Gasteiger partial charge in [-0.15, -0.1) is 0 Å². The Balaban J connectivity index is 1.78. The molecular weight excluding hydrogens is 484 g/mol. The van der Waals surface area contributed by atoms with Crippen molar-refractivity contribution in [2.75, 3.05) is 27.8 Å². The van der Waals surface area contributed by atoms with E-state index >= 15 is 0 Å². The van der Waals surface area contributed by atoms with Gasteiger partial charge in [-0.1, -0.05) is 19.1 Å². The highest BCUT2D eigenvalue weighted by Gasteiger charge is 2.36. The number of rotatable bonds is 9. The quantitative estimate of drug-likeness (QED) is 0.373. The second-order valence-electron chi connectivity index (χ2n) is 9.86. The molecule has 0 saturated carbocycles. The maximum atomic E-state index is 13.0. The third-order valence-corrected chi connectivity index (χ3v) is 7.23. The Bertz CT molecular complexity index is 1340. The lowest BCUT2D eigenvalue weighted by atomic mass is 9.87. The highest BCUT2D eigenvalue weighted by molar-refractivity contribution is 5.90. The first-order chi connectivity index (χ1) is 18.3. The van der Waals surface area contributed by atoms with Gasteiger partial charge in [0.25, 0.3) is 0 Å². The number of methoxy groups -OCH3 is 2. The van der Waals surface area contributed by atoms with E-state index in [0.717, 1.165) is 47.0 Å². The van der Waals surface area contributed by atoms with Crippen LogP contribution in [-0.2, 0) is 32.0 Å². The summed E-state index contributed by atoms with van der Waals surface area (Å²) >= 11 is 0. The van der Waals surface area contributed by atoms with Crippen LogP contribution in [0, 0.1) is 5.92 Å².